The van der Waals surface area contributed by atoms with Crippen molar-refractivity contribution in [1.29, 1.82) is 5.26 Å². The highest BCUT2D eigenvalue weighted by Crippen LogP contribution is 2.17. The molecule has 5 heteroatoms. The molecule has 0 amide bonds. The summed E-state index contributed by atoms with van der Waals surface area (Å²) in [4.78, 5) is 8.21. The van der Waals surface area contributed by atoms with E-state index in [0.717, 1.165) is 11.1 Å². The van der Waals surface area contributed by atoms with E-state index in [1.165, 1.54) is 0 Å². The summed E-state index contributed by atoms with van der Waals surface area (Å²) in [6, 6.07) is 3.87. The van der Waals surface area contributed by atoms with E-state index in [4.69, 9.17) is 5.26 Å². The summed E-state index contributed by atoms with van der Waals surface area (Å²) >= 11 is 0. The minimum Gasteiger partial charge on any atom is -0.264 e. The number of aromatic nitrogens is 4. The Balaban J connectivity index is 2.38. The smallest absolute Gasteiger partial charge is 0.181 e. The molecule has 15 heavy (non-hydrogen) atoms. The molecule has 0 radical (unpaired) electrons. The Hall–Kier alpha value is -2.22. The van der Waals surface area contributed by atoms with Crippen molar-refractivity contribution >= 4 is 0 Å². The first-order valence-corrected chi connectivity index (χ1v) is 4.50. The van der Waals surface area contributed by atoms with Crippen LogP contribution in [-0.4, -0.2) is 20.2 Å². The molecule has 0 aliphatic rings. The first-order valence-electron chi connectivity index (χ1n) is 4.50. The lowest BCUT2D eigenvalue weighted by Gasteiger charge is -1.97. The van der Waals surface area contributed by atoms with Gasteiger partial charge in [0, 0.05) is 18.0 Å². The molecule has 0 unspecified atom stereocenters. The Bertz CT molecular complexity index is 509. The van der Waals surface area contributed by atoms with Crippen LogP contribution >= 0.6 is 0 Å². The van der Waals surface area contributed by atoms with E-state index in [-0.39, 0.29) is 6.42 Å². The highest BCUT2D eigenvalue weighted by Gasteiger charge is 2.07. The van der Waals surface area contributed by atoms with Crippen LogP contribution in [0.3, 0.4) is 0 Å². The first kappa shape index (κ1) is 9.34. The summed E-state index contributed by atoms with van der Waals surface area (Å²) in [6.07, 6.45) is 3.70. The van der Waals surface area contributed by atoms with Gasteiger partial charge >= 0.3 is 0 Å². The van der Waals surface area contributed by atoms with Crippen LogP contribution in [0.25, 0.3) is 11.4 Å². The maximum absolute atomic E-state index is 8.51. The molecule has 0 bridgehead atoms. The van der Waals surface area contributed by atoms with Gasteiger partial charge in [0.05, 0.1) is 12.5 Å². The number of hydrogen-bond acceptors (Lipinski definition) is 4. The van der Waals surface area contributed by atoms with Crippen LogP contribution in [0.4, 0.5) is 0 Å². The molecule has 0 aliphatic heterocycles. The van der Waals surface area contributed by atoms with Gasteiger partial charge in [-0.05, 0) is 18.6 Å². The summed E-state index contributed by atoms with van der Waals surface area (Å²) in [5.41, 5.74) is 1.95. The lowest BCUT2D eigenvalue weighted by molar-refractivity contribution is 0.995. The van der Waals surface area contributed by atoms with Crippen molar-refractivity contribution in [2.24, 2.45) is 0 Å². The molecule has 2 aromatic rings. The summed E-state index contributed by atoms with van der Waals surface area (Å²) in [7, 11) is 0. The fourth-order valence-electron chi connectivity index (χ4n) is 1.29. The highest BCUT2D eigenvalue weighted by molar-refractivity contribution is 5.58. The molecule has 0 fully saturated rings. The van der Waals surface area contributed by atoms with Crippen LogP contribution < -0.4 is 0 Å². The summed E-state index contributed by atoms with van der Waals surface area (Å²) in [5, 5.41) is 15.3. The van der Waals surface area contributed by atoms with Gasteiger partial charge in [0.1, 0.15) is 5.82 Å². The number of nitrogens with one attached hydrogen (secondary N) is 1. The molecule has 5 nitrogen and oxygen atoms in total. The van der Waals surface area contributed by atoms with Crippen molar-refractivity contribution in [2.75, 3.05) is 0 Å². The molecule has 2 aromatic heterocycles. The van der Waals surface area contributed by atoms with E-state index in [1.807, 2.05) is 19.1 Å². The Kier molecular flexibility index (Phi) is 2.42. The summed E-state index contributed by atoms with van der Waals surface area (Å²) in [6.45, 7) is 1.95. The first-order chi connectivity index (χ1) is 7.31. The van der Waals surface area contributed by atoms with Gasteiger partial charge in [-0.15, -0.1) is 0 Å². The number of nitriles is 1. The van der Waals surface area contributed by atoms with Crippen LogP contribution in [0.5, 0.6) is 0 Å². The molecule has 0 aromatic carbocycles. The van der Waals surface area contributed by atoms with E-state index in [0.29, 0.717) is 11.6 Å². The van der Waals surface area contributed by atoms with Gasteiger partial charge in [0.25, 0.3) is 0 Å². The topological polar surface area (TPSA) is 78.2 Å². The zero-order valence-electron chi connectivity index (χ0n) is 8.23. The van der Waals surface area contributed by atoms with E-state index < -0.39 is 0 Å². The highest BCUT2D eigenvalue weighted by atomic mass is 15.2. The average molecular weight is 199 g/mol. The molecule has 1 N–H and O–H groups in total. The van der Waals surface area contributed by atoms with E-state index in [9.17, 15) is 0 Å². The Morgan fingerprint density at radius 2 is 2.40 bits per heavy atom. The van der Waals surface area contributed by atoms with Gasteiger partial charge in [-0.2, -0.15) is 10.4 Å². The molecule has 0 aliphatic carbocycles. The Morgan fingerprint density at radius 3 is 3.13 bits per heavy atom. The Labute approximate surface area is 86.8 Å². The minimum atomic E-state index is 0.247. The fourth-order valence-corrected chi connectivity index (χ4v) is 1.29. The molecular weight excluding hydrogens is 190 g/mol. The predicted octanol–water partition coefficient (Wildman–Crippen LogP) is 1.24. The van der Waals surface area contributed by atoms with Gasteiger partial charge in [0.2, 0.25) is 0 Å². The third-order valence-corrected chi connectivity index (χ3v) is 2.04. The van der Waals surface area contributed by atoms with Crippen LogP contribution in [0.1, 0.15) is 11.4 Å². The maximum Gasteiger partial charge on any atom is 0.181 e. The minimum absolute atomic E-state index is 0.247. The van der Waals surface area contributed by atoms with Crippen molar-refractivity contribution in [3.05, 3.63) is 29.8 Å². The van der Waals surface area contributed by atoms with Gasteiger partial charge in [0.15, 0.2) is 5.82 Å². The SMILES string of the molecule is Cc1cnccc1-c1n[nH]c(CC#N)n1. The second-order valence-electron chi connectivity index (χ2n) is 3.13. The number of hydrogen-bond donors (Lipinski definition) is 1. The molecule has 0 spiro atoms. The number of aryl methyl sites for hydroxylation is 1. The third kappa shape index (κ3) is 1.83. The van der Waals surface area contributed by atoms with Crippen molar-refractivity contribution in [1.82, 2.24) is 20.2 Å². The second kappa shape index (κ2) is 3.88. The fraction of sp³-hybridized carbons (Fsp3) is 0.200. The average Bonchev–Trinajstić information content (AvgIpc) is 2.68. The number of rotatable bonds is 2. The normalized spacial score (nSPS) is 9.87. The lowest BCUT2D eigenvalue weighted by Crippen LogP contribution is -1.87. The number of aromatic amines is 1. The molecule has 0 saturated carbocycles. The monoisotopic (exact) mass is 199 g/mol. The second-order valence-corrected chi connectivity index (χ2v) is 3.13. The molecule has 74 valence electrons. The maximum atomic E-state index is 8.51. The van der Waals surface area contributed by atoms with E-state index in [2.05, 4.69) is 20.2 Å². The van der Waals surface area contributed by atoms with E-state index in [1.54, 1.807) is 12.4 Å². The van der Waals surface area contributed by atoms with Crippen molar-refractivity contribution in [2.45, 2.75) is 13.3 Å². The predicted molar refractivity (Wildman–Crippen MR) is 53.7 cm³/mol. The zero-order valence-corrected chi connectivity index (χ0v) is 8.23. The summed E-state index contributed by atoms with van der Waals surface area (Å²) in [5.74, 6) is 1.20. The van der Waals surface area contributed by atoms with Gasteiger partial charge in [-0.3, -0.25) is 10.1 Å². The van der Waals surface area contributed by atoms with Crippen LogP contribution in [0.15, 0.2) is 18.5 Å². The van der Waals surface area contributed by atoms with Crippen molar-refractivity contribution in [3.63, 3.8) is 0 Å². The number of nitrogens with zero attached hydrogens (tertiary/aromatic N) is 4. The number of H-pyrrole nitrogens is 1. The van der Waals surface area contributed by atoms with Crippen LogP contribution in [0, 0.1) is 18.3 Å². The molecule has 2 rings (SSSR count). The lowest BCUT2D eigenvalue weighted by atomic mass is 10.1. The zero-order chi connectivity index (χ0) is 10.7. The molecular formula is C10H9N5. The van der Waals surface area contributed by atoms with Gasteiger partial charge in [-0.25, -0.2) is 4.98 Å². The summed E-state index contributed by atoms with van der Waals surface area (Å²) < 4.78 is 0. The van der Waals surface area contributed by atoms with Gasteiger partial charge in [-0.1, -0.05) is 0 Å². The molecule has 2 heterocycles. The van der Waals surface area contributed by atoms with E-state index >= 15 is 0 Å². The number of pyridine rings is 1. The standard InChI is InChI=1S/C10H9N5/c1-7-6-12-5-3-8(7)10-13-9(2-4-11)14-15-10/h3,5-6H,2H2,1H3,(H,13,14,15). The van der Waals surface area contributed by atoms with Crippen molar-refractivity contribution in [3.8, 4) is 17.5 Å². The third-order valence-electron chi connectivity index (χ3n) is 2.04. The van der Waals surface area contributed by atoms with Gasteiger partial charge < -0.3 is 0 Å². The van der Waals surface area contributed by atoms with Crippen LogP contribution in [0.2, 0.25) is 0 Å². The molecule has 0 atom stereocenters. The largest absolute Gasteiger partial charge is 0.264 e. The van der Waals surface area contributed by atoms with Crippen LogP contribution in [-0.2, 0) is 6.42 Å². The quantitative estimate of drug-likeness (QED) is 0.789. The molecule has 0 saturated heterocycles. The van der Waals surface area contributed by atoms with Crippen molar-refractivity contribution < 1.29 is 0 Å². The Morgan fingerprint density at radius 1 is 1.53 bits per heavy atom.